The van der Waals surface area contributed by atoms with Crippen LogP contribution in [0.1, 0.15) is 58.8 Å². The molecule has 1 aliphatic carbocycles. The molecule has 15 heavy (non-hydrogen) atoms. The molecule has 0 aromatic rings. The van der Waals surface area contributed by atoms with Crippen LogP contribution in [0.2, 0.25) is 0 Å². The zero-order valence-electron chi connectivity index (χ0n) is 10.2. The van der Waals surface area contributed by atoms with E-state index in [1.54, 1.807) is 0 Å². The van der Waals surface area contributed by atoms with Crippen LogP contribution in [0.3, 0.4) is 0 Å². The van der Waals surface area contributed by atoms with Crippen molar-refractivity contribution < 1.29 is 4.74 Å². The third-order valence-electron chi connectivity index (χ3n) is 3.46. The molecule has 1 rings (SSSR count). The molecule has 0 bridgehead atoms. The summed E-state index contributed by atoms with van der Waals surface area (Å²) in [6, 6.07) is 0. The van der Waals surface area contributed by atoms with Gasteiger partial charge in [-0.05, 0) is 31.6 Å². The summed E-state index contributed by atoms with van der Waals surface area (Å²) in [5, 5.41) is 0. The molecule has 0 N–H and O–H groups in total. The van der Waals surface area contributed by atoms with Gasteiger partial charge in [-0.25, -0.2) is 0 Å². The Morgan fingerprint density at radius 3 is 2.67 bits per heavy atom. The number of hydrogen-bond acceptors (Lipinski definition) is 1. The van der Waals surface area contributed by atoms with Crippen molar-refractivity contribution in [2.75, 3.05) is 6.61 Å². The number of alkyl halides is 1. The quantitative estimate of drug-likeness (QED) is 0.621. The lowest BCUT2D eigenvalue weighted by molar-refractivity contribution is 0.0339. The smallest absolute Gasteiger partial charge is 0.0700 e. The van der Waals surface area contributed by atoms with Gasteiger partial charge < -0.3 is 4.74 Å². The SMILES string of the molecule is CCCCC(CC)COC1CCCC1Br. The van der Waals surface area contributed by atoms with E-state index in [1.165, 1.54) is 44.9 Å². The number of ether oxygens (including phenoxy) is 1. The maximum absolute atomic E-state index is 6.02. The normalized spacial score (nSPS) is 28.2. The van der Waals surface area contributed by atoms with Gasteiger partial charge in [0.25, 0.3) is 0 Å². The molecular weight excluding hydrogens is 252 g/mol. The predicted octanol–water partition coefficient (Wildman–Crippen LogP) is 4.54. The van der Waals surface area contributed by atoms with Gasteiger partial charge in [0.15, 0.2) is 0 Å². The van der Waals surface area contributed by atoms with Crippen LogP contribution in [0, 0.1) is 5.92 Å². The standard InChI is InChI=1S/C13H25BrO/c1-3-5-7-11(4-2)10-15-13-9-6-8-12(13)14/h11-13H,3-10H2,1-2H3. The van der Waals surface area contributed by atoms with Gasteiger partial charge >= 0.3 is 0 Å². The van der Waals surface area contributed by atoms with Crippen LogP contribution in [0.4, 0.5) is 0 Å². The van der Waals surface area contributed by atoms with E-state index in [-0.39, 0.29) is 0 Å². The van der Waals surface area contributed by atoms with Gasteiger partial charge in [0.2, 0.25) is 0 Å². The van der Waals surface area contributed by atoms with Gasteiger partial charge in [-0.2, -0.15) is 0 Å². The van der Waals surface area contributed by atoms with E-state index in [0.717, 1.165) is 12.5 Å². The fourth-order valence-corrected chi connectivity index (χ4v) is 2.97. The second-order valence-electron chi connectivity index (χ2n) is 4.74. The Labute approximate surface area is 103 Å². The summed E-state index contributed by atoms with van der Waals surface area (Å²) in [5.41, 5.74) is 0. The minimum atomic E-state index is 0.487. The zero-order chi connectivity index (χ0) is 11.1. The lowest BCUT2D eigenvalue weighted by Crippen LogP contribution is -2.21. The first-order valence-corrected chi connectivity index (χ1v) is 7.45. The maximum atomic E-state index is 6.02. The molecule has 0 radical (unpaired) electrons. The molecule has 0 saturated heterocycles. The van der Waals surface area contributed by atoms with E-state index in [9.17, 15) is 0 Å². The second kappa shape index (κ2) is 7.67. The number of halogens is 1. The average Bonchev–Trinajstić information content (AvgIpc) is 2.65. The number of hydrogen-bond donors (Lipinski definition) is 0. The first kappa shape index (κ1) is 13.5. The van der Waals surface area contributed by atoms with E-state index in [2.05, 4.69) is 29.8 Å². The highest BCUT2D eigenvalue weighted by molar-refractivity contribution is 9.09. The Morgan fingerprint density at radius 2 is 2.13 bits per heavy atom. The molecule has 0 aliphatic heterocycles. The van der Waals surface area contributed by atoms with Crippen molar-refractivity contribution >= 4 is 15.9 Å². The molecule has 3 atom stereocenters. The molecule has 0 spiro atoms. The van der Waals surface area contributed by atoms with Crippen LogP contribution in [-0.2, 0) is 4.74 Å². The summed E-state index contributed by atoms with van der Waals surface area (Å²) in [5.74, 6) is 0.783. The van der Waals surface area contributed by atoms with Crippen molar-refractivity contribution in [3.63, 3.8) is 0 Å². The van der Waals surface area contributed by atoms with E-state index in [0.29, 0.717) is 10.9 Å². The largest absolute Gasteiger partial charge is 0.377 e. The Kier molecular flexibility index (Phi) is 6.91. The van der Waals surface area contributed by atoms with Crippen LogP contribution in [0.5, 0.6) is 0 Å². The Bertz CT molecular complexity index is 161. The summed E-state index contributed by atoms with van der Waals surface area (Å²) < 4.78 is 6.02. The van der Waals surface area contributed by atoms with Crippen molar-refractivity contribution in [2.45, 2.75) is 69.7 Å². The van der Waals surface area contributed by atoms with Crippen molar-refractivity contribution in [1.29, 1.82) is 0 Å². The summed E-state index contributed by atoms with van der Waals surface area (Å²) in [6.07, 6.45) is 9.61. The molecule has 2 heteroatoms. The molecular formula is C13H25BrO. The highest BCUT2D eigenvalue weighted by atomic mass is 79.9. The second-order valence-corrected chi connectivity index (χ2v) is 5.91. The third-order valence-corrected chi connectivity index (χ3v) is 4.51. The number of rotatable bonds is 7. The minimum absolute atomic E-state index is 0.487. The van der Waals surface area contributed by atoms with Gasteiger partial charge in [-0.15, -0.1) is 0 Å². The molecule has 0 aromatic heterocycles. The molecule has 0 aromatic carbocycles. The topological polar surface area (TPSA) is 9.23 Å². The fraction of sp³-hybridized carbons (Fsp3) is 1.00. The highest BCUT2D eigenvalue weighted by Crippen LogP contribution is 2.29. The molecule has 1 saturated carbocycles. The van der Waals surface area contributed by atoms with Crippen LogP contribution < -0.4 is 0 Å². The molecule has 1 aliphatic rings. The Hall–Kier alpha value is 0.440. The van der Waals surface area contributed by atoms with Gasteiger partial charge in [-0.1, -0.05) is 49.0 Å². The van der Waals surface area contributed by atoms with Crippen LogP contribution >= 0.6 is 15.9 Å². The third kappa shape index (κ3) is 4.86. The van der Waals surface area contributed by atoms with Gasteiger partial charge in [0.1, 0.15) is 0 Å². The highest BCUT2D eigenvalue weighted by Gasteiger charge is 2.25. The van der Waals surface area contributed by atoms with Crippen LogP contribution in [-0.4, -0.2) is 17.5 Å². The first-order valence-electron chi connectivity index (χ1n) is 6.53. The van der Waals surface area contributed by atoms with Gasteiger partial charge in [-0.3, -0.25) is 0 Å². The van der Waals surface area contributed by atoms with Crippen LogP contribution in [0.15, 0.2) is 0 Å². The molecule has 0 heterocycles. The monoisotopic (exact) mass is 276 g/mol. The Balaban J connectivity index is 2.15. The fourth-order valence-electron chi connectivity index (χ4n) is 2.23. The van der Waals surface area contributed by atoms with Crippen molar-refractivity contribution in [1.82, 2.24) is 0 Å². The first-order chi connectivity index (χ1) is 7.27. The van der Waals surface area contributed by atoms with Crippen molar-refractivity contribution in [3.05, 3.63) is 0 Å². The lowest BCUT2D eigenvalue weighted by atomic mass is 10.0. The van der Waals surface area contributed by atoms with E-state index < -0.39 is 0 Å². The van der Waals surface area contributed by atoms with Gasteiger partial charge in [0, 0.05) is 11.4 Å². The summed E-state index contributed by atoms with van der Waals surface area (Å²) in [7, 11) is 0. The van der Waals surface area contributed by atoms with Gasteiger partial charge in [0.05, 0.1) is 6.10 Å². The molecule has 0 amide bonds. The minimum Gasteiger partial charge on any atom is -0.377 e. The van der Waals surface area contributed by atoms with Crippen LogP contribution in [0.25, 0.3) is 0 Å². The predicted molar refractivity (Wildman–Crippen MR) is 69.6 cm³/mol. The van der Waals surface area contributed by atoms with E-state index in [4.69, 9.17) is 4.74 Å². The van der Waals surface area contributed by atoms with Crippen molar-refractivity contribution in [2.24, 2.45) is 5.92 Å². The number of unbranched alkanes of at least 4 members (excludes halogenated alkanes) is 1. The molecule has 3 unspecified atom stereocenters. The summed E-state index contributed by atoms with van der Waals surface area (Å²) in [6.45, 7) is 5.52. The van der Waals surface area contributed by atoms with Crippen molar-refractivity contribution in [3.8, 4) is 0 Å². The summed E-state index contributed by atoms with van der Waals surface area (Å²) >= 11 is 3.70. The van der Waals surface area contributed by atoms with E-state index >= 15 is 0 Å². The van der Waals surface area contributed by atoms with E-state index in [1.807, 2.05) is 0 Å². The lowest BCUT2D eigenvalue weighted by Gasteiger charge is -2.20. The molecule has 90 valence electrons. The molecule has 1 fully saturated rings. The Morgan fingerprint density at radius 1 is 1.33 bits per heavy atom. The average molecular weight is 277 g/mol. The maximum Gasteiger partial charge on any atom is 0.0700 e. The zero-order valence-corrected chi connectivity index (χ0v) is 11.8. The molecule has 1 nitrogen and oxygen atoms in total. The summed E-state index contributed by atoms with van der Waals surface area (Å²) in [4.78, 5) is 0.612.